The third-order valence-corrected chi connectivity index (χ3v) is 12.7. The smallest absolute Gasteiger partial charge is 0.297 e. The molecule has 0 aliphatic heterocycles. The van der Waals surface area contributed by atoms with Crippen LogP contribution in [0.15, 0.2) is 132 Å². The van der Waals surface area contributed by atoms with Gasteiger partial charge in [0.2, 0.25) is 7.98 Å². The van der Waals surface area contributed by atoms with E-state index in [0.29, 0.717) is 21.9 Å². The quantitative estimate of drug-likeness (QED) is 0.0471. The van der Waals surface area contributed by atoms with Gasteiger partial charge in [0.1, 0.15) is 37.5 Å². The second-order valence-corrected chi connectivity index (χ2v) is 20.7. The Balaban J connectivity index is 0.000000278. The molecule has 7 aromatic carbocycles. The molecule has 0 atom stereocenters. The fourth-order valence-corrected chi connectivity index (χ4v) is 9.26. The highest BCUT2D eigenvalue weighted by Gasteiger charge is 2.26. The number of aryl methyl sites for hydroxylation is 2. The summed E-state index contributed by atoms with van der Waals surface area (Å²) in [4.78, 5) is 3.49. The number of ether oxygens (including phenoxy) is 1. The molecule has 73 heavy (non-hydrogen) atoms. The number of hydrogen-bond acceptors (Lipinski definition) is 17. The van der Waals surface area contributed by atoms with Crippen LogP contribution in [0.5, 0.6) is 17.2 Å². The second-order valence-electron chi connectivity index (χ2n) is 16.6. The van der Waals surface area contributed by atoms with E-state index >= 15 is 0 Å². The van der Waals surface area contributed by atoms with Gasteiger partial charge in [-0.15, -0.1) is 15.3 Å². The maximum Gasteiger partial charge on any atom is 0.297 e. The minimum atomic E-state index is -4.87. The SMILES string of the molecule is [B]N(C)C.[B]N(C)C.[B]N(C)Cc1c(OC)ccc(N=Nc2c(C)cc3ccccc3c2O)c1S(=O)(=O)O.[B]N(C)c1cc(S(=O)(=O)O)c2cc(N=Nc3c(C)cc4ccccc4c3O)cc(S(=O)(=O)O)c2c1. The lowest BCUT2D eigenvalue weighted by atomic mass is 10.0. The average molecular weight is 1050 g/mol. The van der Waals surface area contributed by atoms with Gasteiger partial charge < -0.3 is 34.2 Å². The topological polar surface area (TPSA) is 275 Å². The maximum atomic E-state index is 12.2. The lowest BCUT2D eigenvalue weighted by molar-refractivity contribution is 0.397. The summed E-state index contributed by atoms with van der Waals surface area (Å²) in [6.07, 6.45) is 0. The Hall–Kier alpha value is -6.41. The van der Waals surface area contributed by atoms with Gasteiger partial charge >= 0.3 is 0 Å². The van der Waals surface area contributed by atoms with Crippen molar-refractivity contribution in [2.45, 2.75) is 35.1 Å². The van der Waals surface area contributed by atoms with Crippen molar-refractivity contribution in [2.75, 3.05) is 54.2 Å². The molecule has 0 saturated heterocycles. The number of fused-ring (bicyclic) bond motifs is 3. The van der Waals surface area contributed by atoms with Crippen LogP contribution in [0, 0.1) is 13.8 Å². The molecule has 0 aliphatic rings. The van der Waals surface area contributed by atoms with E-state index in [2.05, 4.69) is 20.5 Å². The zero-order valence-corrected chi connectivity index (χ0v) is 43.6. The zero-order chi connectivity index (χ0) is 54.9. The molecule has 0 unspecified atom stereocenters. The average Bonchev–Trinajstić information content (AvgIpc) is 3.27. The molecule has 0 bridgehead atoms. The van der Waals surface area contributed by atoms with Gasteiger partial charge in [-0.25, -0.2) is 0 Å². The second kappa shape index (κ2) is 24.5. The number of benzene rings is 7. The predicted octanol–water partition coefficient (Wildman–Crippen LogP) is 7.74. The fraction of sp³-hybridized carbons (Fsp3) is 0.217. The molecule has 7 rings (SSSR count). The van der Waals surface area contributed by atoms with Crippen molar-refractivity contribution in [3.8, 4) is 17.2 Å². The number of hydrogen-bond donors (Lipinski definition) is 5. The van der Waals surface area contributed by atoms with Gasteiger partial charge in [-0.1, -0.05) is 48.5 Å². The Morgan fingerprint density at radius 1 is 0.548 bits per heavy atom. The normalized spacial score (nSPS) is 12.0. The Morgan fingerprint density at radius 3 is 1.41 bits per heavy atom. The van der Waals surface area contributed by atoms with Crippen LogP contribution in [-0.2, 0) is 36.9 Å². The molecule has 0 fully saturated rings. The number of nitrogens with zero attached hydrogens (tertiary/aromatic N) is 8. The Kier molecular flexibility index (Phi) is 19.9. The maximum absolute atomic E-state index is 12.2. The molecule has 0 heterocycles. The van der Waals surface area contributed by atoms with E-state index < -0.39 is 45.0 Å². The van der Waals surface area contributed by atoms with Crippen molar-refractivity contribution in [3.05, 3.63) is 114 Å². The van der Waals surface area contributed by atoms with Crippen molar-refractivity contribution in [1.29, 1.82) is 0 Å². The molecule has 0 saturated carbocycles. The molecule has 5 N–H and O–H groups in total. The zero-order valence-electron chi connectivity index (χ0n) is 41.2. The van der Waals surface area contributed by atoms with Gasteiger partial charge in [-0.3, -0.25) is 13.7 Å². The van der Waals surface area contributed by atoms with Gasteiger partial charge in [0.15, 0.2) is 35.4 Å². The Bertz CT molecular complexity index is 3560. The first-order valence-corrected chi connectivity index (χ1v) is 25.5. The Labute approximate surface area is 430 Å². The first kappa shape index (κ1) is 59.2. The molecule has 8 radical (unpaired) electrons. The van der Waals surface area contributed by atoms with E-state index in [-0.39, 0.29) is 68.6 Å². The fourth-order valence-electron chi connectivity index (χ4n) is 6.98. The molecule has 7 aromatic rings. The summed E-state index contributed by atoms with van der Waals surface area (Å²) in [7, 11) is 18.3. The minimum Gasteiger partial charge on any atom is -0.505 e. The van der Waals surface area contributed by atoms with Gasteiger partial charge in [0.05, 0.1) is 12.8 Å². The van der Waals surface area contributed by atoms with Crippen molar-refractivity contribution in [2.24, 2.45) is 20.5 Å². The Morgan fingerprint density at radius 2 is 0.986 bits per heavy atom. The van der Waals surface area contributed by atoms with Gasteiger partial charge in [0, 0.05) is 39.3 Å². The van der Waals surface area contributed by atoms with Crippen molar-refractivity contribution in [1.82, 2.24) is 14.4 Å². The standard InChI is InChI=1S/C22H18BN3O7S2.C20H20BN3O5S.2C2H6BN/c1-12-7-13-5-3-4-6-16(13)22(27)21(12)25-24-14-8-17-18(19(9-14)34(28,29)30)10-15(26(2)23)11-20(17)35(31,32)33;1-12-10-13-6-4-5-7-14(13)19(25)18(12)23-22-16-8-9-17(29-3)15(11-24(2)21)20(16)30(26,27)28;2*1-4(2)3/h3-11,27H,1-2H3,(H,28,29,30)(H,31,32,33);4-10,25H,11H2,1-3H3,(H,26,27,28);2*1-2H3. The number of anilines is 1. The van der Waals surface area contributed by atoms with Crippen LogP contribution < -0.4 is 9.55 Å². The van der Waals surface area contributed by atoms with Crippen LogP contribution in [0.3, 0.4) is 0 Å². The lowest BCUT2D eigenvalue weighted by Crippen LogP contribution is -2.16. The largest absolute Gasteiger partial charge is 0.505 e. The van der Waals surface area contributed by atoms with E-state index in [1.165, 1.54) is 59.9 Å². The minimum absolute atomic E-state index is 0.0259. The number of phenols is 2. The van der Waals surface area contributed by atoms with E-state index in [1.54, 1.807) is 72.4 Å². The third kappa shape index (κ3) is 15.6. The van der Waals surface area contributed by atoms with E-state index in [0.717, 1.165) is 27.7 Å². The molecule has 0 aliphatic carbocycles. The van der Waals surface area contributed by atoms with E-state index in [4.69, 9.17) is 36.7 Å². The molecule has 27 heteroatoms. The number of aromatic hydroxyl groups is 2. The lowest BCUT2D eigenvalue weighted by Gasteiger charge is -2.17. The summed E-state index contributed by atoms with van der Waals surface area (Å²) in [6.45, 7) is 3.43. The molecule has 0 amide bonds. The summed E-state index contributed by atoms with van der Waals surface area (Å²) in [5, 5.41) is 39.7. The summed E-state index contributed by atoms with van der Waals surface area (Å²) in [5.41, 5.74) is 1.48. The number of methoxy groups -OCH3 is 1. The summed E-state index contributed by atoms with van der Waals surface area (Å²) in [5.74, 6) is 0.0104. The molecule has 0 aromatic heterocycles. The highest BCUT2D eigenvalue weighted by Crippen LogP contribution is 2.43. The molecule has 20 nitrogen and oxygen atoms in total. The summed E-state index contributed by atoms with van der Waals surface area (Å²) >= 11 is 0. The van der Waals surface area contributed by atoms with Crippen LogP contribution >= 0.6 is 0 Å². The van der Waals surface area contributed by atoms with Gasteiger partial charge in [-0.2, -0.15) is 30.4 Å². The van der Waals surface area contributed by atoms with Crippen LogP contribution in [0.4, 0.5) is 28.4 Å². The first-order valence-electron chi connectivity index (χ1n) is 21.2. The third-order valence-electron chi connectivity index (χ3n) is 9.90. The summed E-state index contributed by atoms with van der Waals surface area (Å²) in [6, 6.07) is 25.3. The first-order chi connectivity index (χ1) is 33.9. The van der Waals surface area contributed by atoms with Crippen molar-refractivity contribution >= 4 is 123 Å². The van der Waals surface area contributed by atoms with Crippen LogP contribution in [0.2, 0.25) is 0 Å². The predicted molar refractivity (Wildman–Crippen MR) is 286 cm³/mol. The molecular formula is C46H50B4N8O12S3. The van der Waals surface area contributed by atoms with E-state index in [9.17, 15) is 49.1 Å². The van der Waals surface area contributed by atoms with E-state index in [1.807, 2.05) is 30.3 Å². The number of phenolic OH excluding ortho intramolecular Hbond substituents is 2. The molecular weight excluding hydrogens is 996 g/mol. The highest BCUT2D eigenvalue weighted by molar-refractivity contribution is 7.86. The van der Waals surface area contributed by atoms with Crippen molar-refractivity contribution < 1.29 is 53.9 Å². The van der Waals surface area contributed by atoms with Crippen LogP contribution in [-0.4, -0.2) is 145 Å². The van der Waals surface area contributed by atoms with Crippen LogP contribution in [0.1, 0.15) is 16.7 Å². The number of rotatable bonds is 11. The highest BCUT2D eigenvalue weighted by atomic mass is 32.2. The van der Waals surface area contributed by atoms with Gasteiger partial charge in [0.25, 0.3) is 30.4 Å². The van der Waals surface area contributed by atoms with Gasteiger partial charge in [-0.05, 0) is 127 Å². The molecule has 0 spiro atoms. The van der Waals surface area contributed by atoms with Crippen LogP contribution in [0.25, 0.3) is 32.3 Å². The summed E-state index contributed by atoms with van der Waals surface area (Å²) < 4.78 is 107. The monoisotopic (exact) mass is 1050 g/mol. The number of azo groups is 2. The van der Waals surface area contributed by atoms with Crippen molar-refractivity contribution in [3.63, 3.8) is 0 Å². The molecule has 376 valence electrons.